The maximum atomic E-state index is 6.29. The molecular formula is C15H12Br2Cl2N2. The second kappa shape index (κ2) is 6.53. The lowest BCUT2D eigenvalue weighted by molar-refractivity contribution is 0.690. The van der Waals surface area contributed by atoms with Crippen LogP contribution in [-0.2, 0) is 0 Å². The van der Waals surface area contributed by atoms with Crippen LogP contribution in [0.15, 0.2) is 27.1 Å². The van der Waals surface area contributed by atoms with Crippen LogP contribution in [0.4, 0.5) is 0 Å². The molecule has 2 nitrogen and oxygen atoms in total. The summed E-state index contributed by atoms with van der Waals surface area (Å²) in [5.74, 6) is 1.10. The Kier molecular flexibility index (Phi) is 4.89. The highest BCUT2D eigenvalue weighted by Gasteiger charge is 2.24. The molecule has 1 aromatic heterocycles. The number of hydrogen-bond acceptors (Lipinski definition) is 2. The van der Waals surface area contributed by atoms with Gasteiger partial charge in [-0.2, -0.15) is 0 Å². The largest absolute Gasteiger partial charge is 0.231 e. The molecule has 1 aliphatic rings. The molecule has 1 fully saturated rings. The molecule has 0 atom stereocenters. The van der Waals surface area contributed by atoms with Crippen LogP contribution in [0.1, 0.15) is 37.3 Å². The number of halogens is 4. The lowest BCUT2D eigenvalue weighted by Crippen LogP contribution is -2.03. The van der Waals surface area contributed by atoms with Gasteiger partial charge < -0.3 is 0 Å². The summed E-state index contributed by atoms with van der Waals surface area (Å²) in [5.41, 5.74) is 1.91. The number of hydrogen-bond donors (Lipinski definition) is 0. The van der Waals surface area contributed by atoms with Crippen LogP contribution < -0.4 is 0 Å². The molecule has 110 valence electrons. The standard InChI is InChI=1S/C15H12Br2Cl2N2/c16-11-7-9(18)5-6-10(11)15-20-13(8-3-1-2-4-8)12(17)14(19)21-15/h5-8H,1-4H2. The molecule has 0 bridgehead atoms. The Morgan fingerprint density at radius 1 is 1.05 bits per heavy atom. The van der Waals surface area contributed by atoms with E-state index < -0.39 is 0 Å². The first-order valence-electron chi connectivity index (χ1n) is 6.74. The molecule has 0 saturated heterocycles. The monoisotopic (exact) mass is 448 g/mol. The van der Waals surface area contributed by atoms with E-state index in [0.717, 1.165) is 33.0 Å². The van der Waals surface area contributed by atoms with Crippen LogP contribution in [0.25, 0.3) is 11.4 Å². The normalized spacial score (nSPS) is 15.6. The Bertz CT molecular complexity index is 686. The van der Waals surface area contributed by atoms with Gasteiger partial charge in [0.05, 0.1) is 10.2 Å². The predicted octanol–water partition coefficient (Wildman–Crippen LogP) is 6.63. The van der Waals surface area contributed by atoms with E-state index in [1.54, 1.807) is 0 Å². The zero-order valence-electron chi connectivity index (χ0n) is 11.0. The van der Waals surface area contributed by atoms with Gasteiger partial charge in [0.1, 0.15) is 5.15 Å². The van der Waals surface area contributed by atoms with E-state index in [0.29, 0.717) is 21.9 Å². The van der Waals surface area contributed by atoms with E-state index in [4.69, 9.17) is 28.2 Å². The summed E-state index contributed by atoms with van der Waals surface area (Å²) < 4.78 is 1.69. The minimum atomic E-state index is 0.462. The van der Waals surface area contributed by atoms with Crippen molar-refractivity contribution in [2.24, 2.45) is 0 Å². The molecule has 1 aromatic carbocycles. The molecule has 0 radical (unpaired) electrons. The third-order valence-corrected chi connectivity index (χ3v) is 5.93. The first kappa shape index (κ1) is 15.7. The average Bonchev–Trinajstić information content (AvgIpc) is 2.96. The van der Waals surface area contributed by atoms with Crippen molar-refractivity contribution < 1.29 is 0 Å². The molecule has 6 heteroatoms. The van der Waals surface area contributed by atoms with Gasteiger partial charge in [-0.15, -0.1) is 0 Å². The van der Waals surface area contributed by atoms with Crippen molar-refractivity contribution >= 4 is 55.1 Å². The summed E-state index contributed by atoms with van der Waals surface area (Å²) in [7, 11) is 0. The zero-order valence-corrected chi connectivity index (χ0v) is 15.7. The molecular weight excluding hydrogens is 439 g/mol. The first-order valence-corrected chi connectivity index (χ1v) is 9.09. The van der Waals surface area contributed by atoms with Crippen LogP contribution >= 0.6 is 55.1 Å². The number of nitrogens with zero attached hydrogens (tertiary/aromatic N) is 2. The second-order valence-electron chi connectivity index (χ2n) is 5.14. The highest BCUT2D eigenvalue weighted by molar-refractivity contribution is 9.11. The molecule has 3 rings (SSSR count). The molecule has 0 aliphatic heterocycles. The molecule has 0 unspecified atom stereocenters. The van der Waals surface area contributed by atoms with Gasteiger partial charge in [0.25, 0.3) is 0 Å². The summed E-state index contributed by atoms with van der Waals surface area (Å²) >= 11 is 19.3. The van der Waals surface area contributed by atoms with E-state index >= 15 is 0 Å². The quantitative estimate of drug-likeness (QED) is 0.479. The fourth-order valence-corrected chi connectivity index (χ4v) is 4.23. The van der Waals surface area contributed by atoms with Gasteiger partial charge in [-0.05, 0) is 62.9 Å². The van der Waals surface area contributed by atoms with Gasteiger partial charge in [0.15, 0.2) is 5.82 Å². The Morgan fingerprint density at radius 3 is 2.43 bits per heavy atom. The lowest BCUT2D eigenvalue weighted by atomic mass is 10.0. The second-order valence-corrected chi connectivity index (χ2v) is 7.58. The SMILES string of the molecule is Clc1ccc(-c2nc(Cl)c(Br)c(C3CCCC3)n2)c(Br)c1. The molecule has 0 N–H and O–H groups in total. The van der Waals surface area contributed by atoms with Gasteiger partial charge in [-0.25, -0.2) is 9.97 Å². The predicted molar refractivity (Wildman–Crippen MR) is 94.1 cm³/mol. The van der Waals surface area contributed by atoms with Crippen molar-refractivity contribution in [2.75, 3.05) is 0 Å². The van der Waals surface area contributed by atoms with Crippen molar-refractivity contribution in [2.45, 2.75) is 31.6 Å². The van der Waals surface area contributed by atoms with Crippen LogP contribution in [0.5, 0.6) is 0 Å². The molecule has 0 spiro atoms. The topological polar surface area (TPSA) is 25.8 Å². The van der Waals surface area contributed by atoms with Gasteiger partial charge in [0.2, 0.25) is 0 Å². The molecule has 0 amide bonds. The van der Waals surface area contributed by atoms with Crippen LogP contribution in [0.3, 0.4) is 0 Å². The minimum absolute atomic E-state index is 0.462. The smallest absolute Gasteiger partial charge is 0.162 e. The highest BCUT2D eigenvalue weighted by atomic mass is 79.9. The van der Waals surface area contributed by atoms with E-state index in [1.165, 1.54) is 12.8 Å². The average molecular weight is 451 g/mol. The summed E-state index contributed by atoms with van der Waals surface area (Å²) in [5, 5.41) is 1.13. The van der Waals surface area contributed by atoms with E-state index in [1.807, 2.05) is 18.2 Å². The fourth-order valence-electron chi connectivity index (χ4n) is 2.70. The minimum Gasteiger partial charge on any atom is -0.231 e. The molecule has 2 aromatic rings. The summed E-state index contributed by atoms with van der Waals surface area (Å²) in [6.45, 7) is 0. The molecule has 1 aliphatic carbocycles. The van der Waals surface area contributed by atoms with Crippen LogP contribution in [0, 0.1) is 0 Å². The lowest BCUT2D eigenvalue weighted by Gasteiger charge is -2.14. The fraction of sp³-hybridized carbons (Fsp3) is 0.333. The zero-order chi connectivity index (χ0) is 15.0. The summed E-state index contributed by atoms with van der Waals surface area (Å²) in [6.07, 6.45) is 4.82. The third-order valence-electron chi connectivity index (χ3n) is 3.75. The Labute approximate surface area is 150 Å². The number of aromatic nitrogens is 2. The number of benzene rings is 1. The molecule has 1 heterocycles. The van der Waals surface area contributed by atoms with Crippen molar-refractivity contribution in [1.29, 1.82) is 0 Å². The van der Waals surface area contributed by atoms with E-state index in [-0.39, 0.29) is 0 Å². The van der Waals surface area contributed by atoms with Gasteiger partial charge in [0, 0.05) is 21.0 Å². The van der Waals surface area contributed by atoms with Gasteiger partial charge in [-0.1, -0.05) is 36.0 Å². The molecule has 1 saturated carbocycles. The van der Waals surface area contributed by atoms with Crippen LogP contribution in [-0.4, -0.2) is 9.97 Å². The Hall–Kier alpha value is -0.160. The highest BCUT2D eigenvalue weighted by Crippen LogP contribution is 2.40. The first-order chi connectivity index (χ1) is 10.1. The van der Waals surface area contributed by atoms with Crippen molar-refractivity contribution in [3.63, 3.8) is 0 Å². The van der Waals surface area contributed by atoms with Crippen molar-refractivity contribution in [1.82, 2.24) is 9.97 Å². The van der Waals surface area contributed by atoms with Gasteiger partial charge in [-0.3, -0.25) is 0 Å². The number of rotatable bonds is 2. The van der Waals surface area contributed by atoms with Gasteiger partial charge >= 0.3 is 0 Å². The van der Waals surface area contributed by atoms with Crippen molar-refractivity contribution in [3.05, 3.63) is 43.0 Å². The summed E-state index contributed by atoms with van der Waals surface area (Å²) in [4.78, 5) is 9.16. The third kappa shape index (κ3) is 3.29. The maximum absolute atomic E-state index is 6.29. The van der Waals surface area contributed by atoms with E-state index in [9.17, 15) is 0 Å². The Morgan fingerprint density at radius 2 is 1.76 bits per heavy atom. The van der Waals surface area contributed by atoms with Crippen molar-refractivity contribution in [3.8, 4) is 11.4 Å². The van der Waals surface area contributed by atoms with Crippen LogP contribution in [0.2, 0.25) is 10.2 Å². The molecule has 21 heavy (non-hydrogen) atoms. The summed E-state index contributed by atoms with van der Waals surface area (Å²) in [6, 6.07) is 5.58. The maximum Gasteiger partial charge on any atom is 0.162 e. The van der Waals surface area contributed by atoms with E-state index in [2.05, 4.69) is 36.8 Å². The Balaban J connectivity index is 2.10.